The van der Waals surface area contributed by atoms with Crippen molar-refractivity contribution in [2.45, 2.75) is 11.5 Å². The van der Waals surface area contributed by atoms with Gasteiger partial charge in [0.2, 0.25) is 11.1 Å². The van der Waals surface area contributed by atoms with Gasteiger partial charge in [0, 0.05) is 25.5 Å². The molecule has 0 saturated carbocycles. The zero-order valence-electron chi connectivity index (χ0n) is 15.9. The summed E-state index contributed by atoms with van der Waals surface area (Å²) in [7, 11) is 3.84. The van der Waals surface area contributed by atoms with Gasteiger partial charge < -0.3 is 15.0 Å². The minimum Gasteiger partial charge on any atom is -0.406 e. The van der Waals surface area contributed by atoms with E-state index in [0.717, 1.165) is 29.6 Å². The Hall–Kier alpha value is -3.28. The third-order valence-electron chi connectivity index (χ3n) is 3.76. The molecule has 0 aliphatic carbocycles. The Morgan fingerprint density at radius 3 is 2.40 bits per heavy atom. The zero-order chi connectivity index (χ0) is 21.7. The number of aromatic nitrogens is 4. The van der Waals surface area contributed by atoms with E-state index < -0.39 is 6.36 Å². The Labute approximate surface area is 174 Å². The number of tetrazole rings is 1. The predicted molar refractivity (Wildman–Crippen MR) is 106 cm³/mol. The number of rotatable bonds is 7. The van der Waals surface area contributed by atoms with Gasteiger partial charge in [-0.15, -0.1) is 18.3 Å². The molecule has 0 fully saturated rings. The van der Waals surface area contributed by atoms with Crippen LogP contribution in [0.3, 0.4) is 0 Å². The van der Waals surface area contributed by atoms with Crippen molar-refractivity contribution in [1.29, 1.82) is 0 Å². The quantitative estimate of drug-likeness (QED) is 0.566. The molecule has 12 heteroatoms. The number of halogens is 3. The van der Waals surface area contributed by atoms with Gasteiger partial charge in [0.05, 0.1) is 11.4 Å². The molecule has 1 aromatic heterocycles. The summed E-state index contributed by atoms with van der Waals surface area (Å²) in [6, 6.07) is 12.4. The van der Waals surface area contributed by atoms with E-state index in [2.05, 4.69) is 25.6 Å². The van der Waals surface area contributed by atoms with E-state index in [9.17, 15) is 18.0 Å². The van der Waals surface area contributed by atoms with Crippen molar-refractivity contribution in [2.75, 3.05) is 30.1 Å². The third-order valence-corrected chi connectivity index (χ3v) is 4.67. The molecule has 2 aromatic carbocycles. The summed E-state index contributed by atoms with van der Waals surface area (Å²) in [6.07, 6.45) is -4.77. The van der Waals surface area contributed by atoms with Crippen LogP contribution < -0.4 is 15.0 Å². The molecule has 3 aromatic rings. The van der Waals surface area contributed by atoms with Gasteiger partial charge in [0.15, 0.2) is 0 Å². The number of hydrogen-bond acceptors (Lipinski definition) is 7. The standard InChI is InChI=1S/C18H17F3N6O2S/c1-26(2)13-5-3-12(4-6-13)22-16(28)11-30-17-23-24-25-27(17)14-7-9-15(10-8-14)29-18(19,20)21/h3-10H,11H2,1-2H3,(H,22,28). The lowest BCUT2D eigenvalue weighted by molar-refractivity contribution is -0.274. The fraction of sp³-hybridized carbons (Fsp3) is 0.222. The van der Waals surface area contributed by atoms with Gasteiger partial charge in [-0.2, -0.15) is 4.68 Å². The topological polar surface area (TPSA) is 85.2 Å². The molecule has 1 heterocycles. The average Bonchev–Trinajstić information content (AvgIpc) is 3.15. The van der Waals surface area contributed by atoms with Crippen molar-refractivity contribution in [1.82, 2.24) is 20.2 Å². The number of carbonyl (C=O) groups excluding carboxylic acids is 1. The van der Waals surface area contributed by atoms with Crippen molar-refractivity contribution >= 4 is 29.0 Å². The van der Waals surface area contributed by atoms with E-state index in [1.54, 1.807) is 12.1 Å². The normalized spacial score (nSPS) is 11.2. The number of benzene rings is 2. The lowest BCUT2D eigenvalue weighted by Gasteiger charge is -2.13. The summed E-state index contributed by atoms with van der Waals surface area (Å²) in [5.74, 6) is -0.556. The van der Waals surface area contributed by atoms with Crippen molar-refractivity contribution in [3.63, 3.8) is 0 Å². The van der Waals surface area contributed by atoms with E-state index in [4.69, 9.17) is 0 Å². The van der Waals surface area contributed by atoms with Gasteiger partial charge in [-0.05, 0) is 59.0 Å². The second-order valence-electron chi connectivity index (χ2n) is 6.19. The molecule has 0 saturated heterocycles. The molecule has 1 amide bonds. The number of amides is 1. The van der Waals surface area contributed by atoms with Crippen LogP contribution in [0.15, 0.2) is 53.7 Å². The Morgan fingerprint density at radius 1 is 1.13 bits per heavy atom. The number of thioether (sulfide) groups is 1. The molecule has 0 atom stereocenters. The van der Waals surface area contributed by atoms with Crippen LogP contribution >= 0.6 is 11.8 Å². The van der Waals surface area contributed by atoms with E-state index in [0.29, 0.717) is 16.5 Å². The Bertz CT molecular complexity index is 990. The second-order valence-corrected chi connectivity index (χ2v) is 7.14. The number of nitrogens with zero attached hydrogens (tertiary/aromatic N) is 5. The van der Waals surface area contributed by atoms with Crippen molar-refractivity contribution in [2.24, 2.45) is 0 Å². The van der Waals surface area contributed by atoms with Crippen LogP contribution in [-0.2, 0) is 4.79 Å². The van der Waals surface area contributed by atoms with Crippen LogP contribution in [0.5, 0.6) is 5.75 Å². The number of anilines is 2. The summed E-state index contributed by atoms with van der Waals surface area (Å²) in [5.41, 5.74) is 2.09. The van der Waals surface area contributed by atoms with Crippen LogP contribution in [0, 0.1) is 0 Å². The minimum absolute atomic E-state index is 0.0467. The number of carbonyl (C=O) groups is 1. The fourth-order valence-corrected chi connectivity index (χ4v) is 3.08. The highest BCUT2D eigenvalue weighted by Crippen LogP contribution is 2.25. The third kappa shape index (κ3) is 5.86. The van der Waals surface area contributed by atoms with Gasteiger partial charge >= 0.3 is 6.36 Å². The summed E-state index contributed by atoms with van der Waals surface area (Å²) in [5, 5.41) is 14.3. The van der Waals surface area contributed by atoms with Crippen LogP contribution in [0.2, 0.25) is 0 Å². The molecule has 0 unspecified atom stereocenters. The molecule has 8 nitrogen and oxygen atoms in total. The van der Waals surface area contributed by atoms with E-state index in [-0.39, 0.29) is 17.4 Å². The largest absolute Gasteiger partial charge is 0.573 e. The molecule has 0 aliphatic heterocycles. The highest BCUT2D eigenvalue weighted by molar-refractivity contribution is 7.99. The number of alkyl halides is 3. The van der Waals surface area contributed by atoms with E-state index in [1.165, 1.54) is 16.8 Å². The summed E-state index contributed by atoms with van der Waals surface area (Å²) in [6.45, 7) is 0. The maximum atomic E-state index is 12.3. The van der Waals surface area contributed by atoms with E-state index in [1.807, 2.05) is 31.1 Å². The van der Waals surface area contributed by atoms with E-state index >= 15 is 0 Å². The van der Waals surface area contributed by atoms with Crippen LogP contribution in [0.4, 0.5) is 24.5 Å². The zero-order valence-corrected chi connectivity index (χ0v) is 16.7. The van der Waals surface area contributed by atoms with Crippen molar-refractivity contribution < 1.29 is 22.7 Å². The maximum absolute atomic E-state index is 12.3. The molecular weight excluding hydrogens is 421 g/mol. The molecule has 30 heavy (non-hydrogen) atoms. The van der Waals surface area contributed by atoms with Crippen molar-refractivity contribution in [3.05, 3.63) is 48.5 Å². The summed E-state index contributed by atoms with van der Waals surface area (Å²) < 4.78 is 41.9. The first-order chi connectivity index (χ1) is 14.2. The minimum atomic E-state index is -4.77. The Balaban J connectivity index is 1.59. The van der Waals surface area contributed by atoms with Crippen molar-refractivity contribution in [3.8, 4) is 11.4 Å². The molecule has 0 radical (unpaired) electrons. The monoisotopic (exact) mass is 438 g/mol. The number of nitrogens with one attached hydrogen (secondary N) is 1. The second kappa shape index (κ2) is 9.03. The molecule has 0 bridgehead atoms. The lowest BCUT2D eigenvalue weighted by atomic mass is 10.2. The average molecular weight is 438 g/mol. The molecule has 158 valence electrons. The van der Waals surface area contributed by atoms with Gasteiger partial charge in [0.1, 0.15) is 5.75 Å². The summed E-state index contributed by atoms with van der Waals surface area (Å²) >= 11 is 1.09. The van der Waals surface area contributed by atoms with Gasteiger partial charge in [-0.3, -0.25) is 4.79 Å². The Morgan fingerprint density at radius 2 is 1.80 bits per heavy atom. The summed E-state index contributed by atoms with van der Waals surface area (Å²) in [4.78, 5) is 14.2. The number of hydrogen-bond donors (Lipinski definition) is 1. The molecule has 0 spiro atoms. The fourth-order valence-electron chi connectivity index (χ4n) is 2.39. The first kappa shape index (κ1) is 21.4. The lowest BCUT2D eigenvalue weighted by Crippen LogP contribution is -2.17. The molecule has 1 N–H and O–H groups in total. The highest BCUT2D eigenvalue weighted by atomic mass is 32.2. The Kier molecular flexibility index (Phi) is 6.45. The predicted octanol–water partition coefficient (Wildman–Crippen LogP) is 3.36. The van der Waals surface area contributed by atoms with Gasteiger partial charge in [-0.1, -0.05) is 11.8 Å². The first-order valence-electron chi connectivity index (χ1n) is 8.56. The smallest absolute Gasteiger partial charge is 0.406 e. The van der Waals surface area contributed by atoms with Crippen LogP contribution in [-0.4, -0.2) is 52.3 Å². The van der Waals surface area contributed by atoms with Crippen LogP contribution in [0.1, 0.15) is 0 Å². The SMILES string of the molecule is CN(C)c1ccc(NC(=O)CSc2nnnn2-c2ccc(OC(F)(F)F)cc2)cc1. The van der Waals surface area contributed by atoms with Gasteiger partial charge in [0.25, 0.3) is 0 Å². The molecular formula is C18H17F3N6O2S. The highest BCUT2D eigenvalue weighted by Gasteiger charge is 2.31. The first-order valence-corrected chi connectivity index (χ1v) is 9.54. The maximum Gasteiger partial charge on any atom is 0.573 e. The molecule has 0 aliphatic rings. The molecule has 3 rings (SSSR count). The number of ether oxygens (including phenoxy) is 1. The van der Waals surface area contributed by atoms with Crippen LogP contribution in [0.25, 0.3) is 5.69 Å². The van der Waals surface area contributed by atoms with Gasteiger partial charge in [-0.25, -0.2) is 0 Å².